The Morgan fingerprint density at radius 3 is 2.75 bits per heavy atom. The van der Waals surface area contributed by atoms with Crippen molar-refractivity contribution in [2.75, 3.05) is 24.7 Å². The summed E-state index contributed by atoms with van der Waals surface area (Å²) in [5.74, 6) is 2.87. The summed E-state index contributed by atoms with van der Waals surface area (Å²) in [5.41, 5.74) is 5.53. The van der Waals surface area contributed by atoms with Crippen molar-refractivity contribution in [3.05, 3.63) is 0 Å². The standard InChI is InChI=1S/C12H25NO2S/c1-3-15-12(14)7-5-4-6-8-16-10-11(2)9-13/h11H,3-10,13H2,1-2H3. The minimum atomic E-state index is -0.0630. The van der Waals surface area contributed by atoms with Crippen LogP contribution in [-0.4, -0.2) is 30.6 Å². The molecule has 0 aromatic carbocycles. The van der Waals surface area contributed by atoms with Crippen molar-refractivity contribution in [1.82, 2.24) is 0 Å². The fourth-order valence-corrected chi connectivity index (χ4v) is 2.35. The van der Waals surface area contributed by atoms with Gasteiger partial charge >= 0.3 is 5.97 Å². The van der Waals surface area contributed by atoms with E-state index in [2.05, 4.69) is 6.92 Å². The van der Waals surface area contributed by atoms with Gasteiger partial charge in [-0.05, 0) is 43.7 Å². The second-order valence-electron chi connectivity index (χ2n) is 4.03. The van der Waals surface area contributed by atoms with Gasteiger partial charge in [0.05, 0.1) is 6.61 Å². The van der Waals surface area contributed by atoms with Crippen molar-refractivity contribution >= 4 is 17.7 Å². The number of esters is 1. The van der Waals surface area contributed by atoms with Crippen LogP contribution >= 0.6 is 11.8 Å². The molecule has 0 fully saturated rings. The van der Waals surface area contributed by atoms with Gasteiger partial charge in [-0.25, -0.2) is 0 Å². The lowest BCUT2D eigenvalue weighted by Gasteiger charge is -2.07. The van der Waals surface area contributed by atoms with E-state index in [-0.39, 0.29) is 5.97 Å². The molecule has 2 N–H and O–H groups in total. The highest BCUT2D eigenvalue weighted by atomic mass is 32.2. The smallest absolute Gasteiger partial charge is 0.305 e. The van der Waals surface area contributed by atoms with Gasteiger partial charge < -0.3 is 10.5 Å². The van der Waals surface area contributed by atoms with Gasteiger partial charge in [0, 0.05) is 6.42 Å². The maximum absolute atomic E-state index is 11.0. The minimum Gasteiger partial charge on any atom is -0.466 e. The lowest BCUT2D eigenvalue weighted by molar-refractivity contribution is -0.143. The average Bonchev–Trinajstić information content (AvgIpc) is 2.27. The number of rotatable bonds is 10. The van der Waals surface area contributed by atoms with E-state index in [0.29, 0.717) is 18.9 Å². The summed E-state index contributed by atoms with van der Waals surface area (Å²) in [6.45, 7) is 5.28. The molecule has 0 spiro atoms. The fraction of sp³-hybridized carbons (Fsp3) is 0.917. The largest absolute Gasteiger partial charge is 0.466 e. The normalized spacial score (nSPS) is 12.4. The van der Waals surface area contributed by atoms with Crippen LogP contribution in [0.1, 0.15) is 39.5 Å². The first kappa shape index (κ1) is 15.8. The number of hydrogen-bond acceptors (Lipinski definition) is 4. The average molecular weight is 247 g/mol. The van der Waals surface area contributed by atoms with Gasteiger partial charge in [-0.15, -0.1) is 0 Å². The van der Waals surface area contributed by atoms with Crippen LogP contribution < -0.4 is 5.73 Å². The Labute approximate surface area is 103 Å². The third-order valence-corrected chi connectivity index (χ3v) is 3.66. The molecule has 0 saturated carbocycles. The first-order valence-corrected chi connectivity index (χ1v) is 7.29. The zero-order chi connectivity index (χ0) is 12.2. The molecule has 1 atom stereocenters. The lowest BCUT2D eigenvalue weighted by Crippen LogP contribution is -2.12. The SMILES string of the molecule is CCOC(=O)CCCCCSCC(C)CN. The van der Waals surface area contributed by atoms with Crippen LogP contribution in [-0.2, 0) is 9.53 Å². The molecule has 0 bridgehead atoms. The third kappa shape index (κ3) is 10.3. The van der Waals surface area contributed by atoms with Gasteiger partial charge in [0.1, 0.15) is 0 Å². The maximum Gasteiger partial charge on any atom is 0.305 e. The van der Waals surface area contributed by atoms with Gasteiger partial charge in [0.25, 0.3) is 0 Å². The highest BCUT2D eigenvalue weighted by Gasteiger charge is 2.01. The van der Waals surface area contributed by atoms with Gasteiger partial charge in [-0.3, -0.25) is 4.79 Å². The fourth-order valence-electron chi connectivity index (χ4n) is 1.24. The van der Waals surface area contributed by atoms with E-state index in [1.807, 2.05) is 18.7 Å². The molecule has 0 heterocycles. The van der Waals surface area contributed by atoms with Gasteiger partial charge in [-0.2, -0.15) is 11.8 Å². The number of hydrogen-bond donors (Lipinski definition) is 1. The van der Waals surface area contributed by atoms with E-state index in [4.69, 9.17) is 10.5 Å². The highest BCUT2D eigenvalue weighted by Crippen LogP contribution is 2.11. The second kappa shape index (κ2) is 11.3. The van der Waals surface area contributed by atoms with Gasteiger partial charge in [0.2, 0.25) is 0 Å². The van der Waals surface area contributed by atoms with Crippen LogP contribution in [0, 0.1) is 5.92 Å². The van der Waals surface area contributed by atoms with Crippen LogP contribution in [0.3, 0.4) is 0 Å². The van der Waals surface area contributed by atoms with E-state index in [1.165, 1.54) is 12.2 Å². The number of thioether (sulfide) groups is 1. The Kier molecular flexibility index (Phi) is 11.1. The van der Waals surface area contributed by atoms with Gasteiger partial charge in [0.15, 0.2) is 0 Å². The summed E-state index contributed by atoms with van der Waals surface area (Å²) in [7, 11) is 0. The molecule has 0 aromatic rings. The van der Waals surface area contributed by atoms with E-state index >= 15 is 0 Å². The van der Waals surface area contributed by atoms with Crippen molar-refractivity contribution < 1.29 is 9.53 Å². The molecule has 0 aromatic heterocycles. The first-order chi connectivity index (χ1) is 7.70. The Morgan fingerprint density at radius 2 is 2.12 bits per heavy atom. The molecule has 0 aliphatic rings. The molecule has 1 unspecified atom stereocenters. The summed E-state index contributed by atoms with van der Waals surface area (Å²) in [5, 5.41) is 0. The molecule has 0 saturated heterocycles. The predicted octanol–water partition coefficient (Wildman–Crippen LogP) is 2.44. The zero-order valence-electron chi connectivity index (χ0n) is 10.5. The van der Waals surface area contributed by atoms with Gasteiger partial charge in [-0.1, -0.05) is 13.3 Å². The van der Waals surface area contributed by atoms with E-state index in [1.54, 1.807) is 0 Å². The van der Waals surface area contributed by atoms with Crippen LogP contribution in [0.2, 0.25) is 0 Å². The maximum atomic E-state index is 11.0. The molecule has 0 aliphatic heterocycles. The summed E-state index contributed by atoms with van der Waals surface area (Å²) in [6.07, 6.45) is 3.81. The zero-order valence-corrected chi connectivity index (χ0v) is 11.4. The van der Waals surface area contributed by atoms with Crippen molar-refractivity contribution in [2.45, 2.75) is 39.5 Å². The highest BCUT2D eigenvalue weighted by molar-refractivity contribution is 7.99. The quantitative estimate of drug-likeness (QED) is 0.476. The van der Waals surface area contributed by atoms with Crippen molar-refractivity contribution in [1.29, 1.82) is 0 Å². The minimum absolute atomic E-state index is 0.0630. The number of nitrogens with two attached hydrogens (primary N) is 1. The Bertz CT molecular complexity index is 176. The van der Waals surface area contributed by atoms with Crippen molar-refractivity contribution in [2.24, 2.45) is 11.7 Å². The first-order valence-electron chi connectivity index (χ1n) is 6.14. The summed E-state index contributed by atoms with van der Waals surface area (Å²) in [6, 6.07) is 0. The molecule has 3 nitrogen and oxygen atoms in total. The molecule has 0 aliphatic carbocycles. The lowest BCUT2D eigenvalue weighted by atomic mass is 10.2. The summed E-state index contributed by atoms with van der Waals surface area (Å²) in [4.78, 5) is 11.0. The predicted molar refractivity (Wildman–Crippen MR) is 70.6 cm³/mol. The molecule has 96 valence electrons. The van der Waals surface area contributed by atoms with Crippen molar-refractivity contribution in [3.63, 3.8) is 0 Å². The number of carbonyl (C=O) groups excluding carboxylic acids is 1. The number of carbonyl (C=O) groups is 1. The number of ether oxygens (including phenoxy) is 1. The van der Waals surface area contributed by atoms with Crippen LogP contribution in [0.4, 0.5) is 0 Å². The molecular weight excluding hydrogens is 222 g/mol. The molecule has 16 heavy (non-hydrogen) atoms. The molecule has 4 heteroatoms. The molecular formula is C12H25NO2S. The van der Waals surface area contributed by atoms with Crippen LogP contribution in [0.15, 0.2) is 0 Å². The Hall–Kier alpha value is -0.220. The molecule has 0 radical (unpaired) electrons. The van der Waals surface area contributed by atoms with Crippen molar-refractivity contribution in [3.8, 4) is 0 Å². The summed E-state index contributed by atoms with van der Waals surface area (Å²) < 4.78 is 4.86. The van der Waals surface area contributed by atoms with E-state index < -0.39 is 0 Å². The summed E-state index contributed by atoms with van der Waals surface area (Å²) >= 11 is 1.96. The Balaban J connectivity index is 3.12. The van der Waals surface area contributed by atoms with E-state index in [9.17, 15) is 4.79 Å². The molecule has 0 rings (SSSR count). The topological polar surface area (TPSA) is 52.3 Å². The van der Waals surface area contributed by atoms with E-state index in [0.717, 1.165) is 25.1 Å². The monoisotopic (exact) mass is 247 g/mol. The number of unbranched alkanes of at least 4 members (excludes halogenated alkanes) is 2. The molecule has 0 amide bonds. The second-order valence-corrected chi connectivity index (χ2v) is 5.18. The van der Waals surface area contributed by atoms with Crippen LogP contribution in [0.25, 0.3) is 0 Å². The third-order valence-electron chi connectivity index (χ3n) is 2.28. The van der Waals surface area contributed by atoms with Crippen LogP contribution in [0.5, 0.6) is 0 Å². The Morgan fingerprint density at radius 1 is 1.38 bits per heavy atom.